The molecule has 8 heteroatoms. The predicted octanol–water partition coefficient (Wildman–Crippen LogP) is 0.166. The van der Waals surface area contributed by atoms with Crippen molar-refractivity contribution in [2.24, 2.45) is 0 Å². The molecule has 0 radical (unpaired) electrons. The molecular formula is C10H15ClN6O. The molecule has 2 heterocycles. The summed E-state index contributed by atoms with van der Waals surface area (Å²) >= 11 is 5.76. The van der Waals surface area contributed by atoms with E-state index in [1.165, 1.54) is 0 Å². The van der Waals surface area contributed by atoms with Gasteiger partial charge in [-0.05, 0) is 18.0 Å². The summed E-state index contributed by atoms with van der Waals surface area (Å²) in [5, 5.41) is 0.0881. The van der Waals surface area contributed by atoms with E-state index in [1.807, 2.05) is 9.80 Å². The molecule has 0 aromatic carbocycles. The Hall–Kier alpha value is -1.63. The summed E-state index contributed by atoms with van der Waals surface area (Å²) < 4.78 is 0. The number of carbonyl (C=O) groups excluding carboxylic acids is 1. The number of nitrogen functional groups attached to an aromatic ring is 1. The lowest BCUT2D eigenvalue weighted by molar-refractivity contribution is -0.128. The quantitative estimate of drug-likeness (QED) is 0.782. The van der Waals surface area contributed by atoms with E-state index in [1.54, 1.807) is 6.92 Å². The average Bonchev–Trinajstić information content (AvgIpc) is 2.52. The van der Waals surface area contributed by atoms with Crippen molar-refractivity contribution in [3.8, 4) is 0 Å². The van der Waals surface area contributed by atoms with Crippen molar-refractivity contribution in [2.75, 3.05) is 36.8 Å². The van der Waals surface area contributed by atoms with Crippen molar-refractivity contribution in [3.63, 3.8) is 0 Å². The van der Waals surface area contributed by atoms with Gasteiger partial charge in [-0.1, -0.05) is 0 Å². The summed E-state index contributed by atoms with van der Waals surface area (Å²) in [6.07, 6.45) is 0.864. The van der Waals surface area contributed by atoms with Crippen LogP contribution < -0.4 is 10.6 Å². The van der Waals surface area contributed by atoms with Crippen LogP contribution in [0.15, 0.2) is 0 Å². The number of halogens is 1. The van der Waals surface area contributed by atoms with Crippen LogP contribution in [0, 0.1) is 0 Å². The molecule has 1 aromatic rings. The van der Waals surface area contributed by atoms with Gasteiger partial charge in [0, 0.05) is 33.1 Å². The zero-order valence-electron chi connectivity index (χ0n) is 10.1. The van der Waals surface area contributed by atoms with Gasteiger partial charge in [-0.25, -0.2) is 0 Å². The van der Waals surface area contributed by atoms with E-state index < -0.39 is 0 Å². The Labute approximate surface area is 110 Å². The van der Waals surface area contributed by atoms with E-state index in [0.717, 1.165) is 19.5 Å². The van der Waals surface area contributed by atoms with Crippen molar-refractivity contribution >= 4 is 29.4 Å². The third kappa shape index (κ3) is 2.98. The van der Waals surface area contributed by atoms with E-state index in [9.17, 15) is 4.79 Å². The molecule has 0 saturated carbocycles. The summed E-state index contributed by atoms with van der Waals surface area (Å²) in [4.78, 5) is 26.9. The maximum atomic E-state index is 11.3. The Morgan fingerprint density at radius 1 is 1.22 bits per heavy atom. The van der Waals surface area contributed by atoms with Gasteiger partial charge < -0.3 is 15.5 Å². The SMILES string of the molecule is CC(=O)N1CCCN(c2nc(N)nc(Cl)n2)CC1. The number of amides is 1. The van der Waals surface area contributed by atoms with E-state index in [2.05, 4.69) is 15.0 Å². The summed E-state index contributed by atoms with van der Waals surface area (Å²) in [5.74, 6) is 0.667. The number of aromatic nitrogens is 3. The normalized spacial score (nSPS) is 16.6. The van der Waals surface area contributed by atoms with Crippen LogP contribution in [-0.2, 0) is 4.79 Å². The smallest absolute Gasteiger partial charge is 0.231 e. The molecule has 2 N–H and O–H groups in total. The fraction of sp³-hybridized carbons (Fsp3) is 0.600. The van der Waals surface area contributed by atoms with Crippen molar-refractivity contribution in [1.29, 1.82) is 0 Å². The molecule has 0 atom stereocenters. The van der Waals surface area contributed by atoms with Crippen LogP contribution in [0.5, 0.6) is 0 Å². The van der Waals surface area contributed by atoms with Gasteiger partial charge in [-0.3, -0.25) is 4.79 Å². The predicted molar refractivity (Wildman–Crippen MR) is 68.3 cm³/mol. The van der Waals surface area contributed by atoms with Gasteiger partial charge in [-0.2, -0.15) is 15.0 Å². The number of hydrogen-bond donors (Lipinski definition) is 1. The molecule has 0 aliphatic carbocycles. The minimum atomic E-state index is 0.0880. The minimum absolute atomic E-state index is 0.0880. The third-order valence-corrected chi connectivity index (χ3v) is 3.01. The Bertz CT molecular complexity index is 434. The van der Waals surface area contributed by atoms with Crippen LogP contribution in [0.1, 0.15) is 13.3 Å². The lowest BCUT2D eigenvalue weighted by Crippen LogP contribution is -2.34. The maximum Gasteiger partial charge on any atom is 0.231 e. The molecule has 18 heavy (non-hydrogen) atoms. The summed E-state index contributed by atoms with van der Waals surface area (Å²) in [6, 6.07) is 0. The third-order valence-electron chi connectivity index (χ3n) is 2.84. The van der Waals surface area contributed by atoms with Crippen molar-refractivity contribution in [3.05, 3.63) is 5.28 Å². The van der Waals surface area contributed by atoms with Gasteiger partial charge >= 0.3 is 0 Å². The lowest BCUT2D eigenvalue weighted by atomic mass is 10.4. The van der Waals surface area contributed by atoms with Crippen LogP contribution in [-0.4, -0.2) is 51.9 Å². The summed E-state index contributed by atoms with van der Waals surface area (Å²) in [6.45, 7) is 4.41. The molecule has 0 bridgehead atoms. The second-order valence-corrected chi connectivity index (χ2v) is 4.45. The van der Waals surface area contributed by atoms with Gasteiger partial charge in [0.15, 0.2) is 0 Å². The van der Waals surface area contributed by atoms with E-state index in [0.29, 0.717) is 19.0 Å². The maximum absolute atomic E-state index is 11.3. The monoisotopic (exact) mass is 270 g/mol. The van der Waals surface area contributed by atoms with Crippen LogP contribution in [0.25, 0.3) is 0 Å². The molecule has 1 saturated heterocycles. The van der Waals surface area contributed by atoms with Gasteiger partial charge in [0.25, 0.3) is 0 Å². The van der Waals surface area contributed by atoms with Crippen molar-refractivity contribution in [2.45, 2.75) is 13.3 Å². The summed E-state index contributed by atoms with van der Waals surface area (Å²) in [5.41, 5.74) is 5.54. The van der Waals surface area contributed by atoms with Gasteiger partial charge in [0.1, 0.15) is 0 Å². The standard InChI is InChI=1S/C10H15ClN6O/c1-7(18)16-3-2-4-17(6-5-16)10-14-8(11)13-9(12)15-10/h2-6H2,1H3,(H2,12,13,14,15). The highest BCUT2D eigenvalue weighted by molar-refractivity contribution is 6.28. The summed E-state index contributed by atoms with van der Waals surface area (Å²) in [7, 11) is 0. The second kappa shape index (κ2) is 5.34. The first kappa shape index (κ1) is 12.8. The molecule has 0 spiro atoms. The Kier molecular flexibility index (Phi) is 3.81. The number of rotatable bonds is 1. The largest absolute Gasteiger partial charge is 0.368 e. The van der Waals surface area contributed by atoms with Gasteiger partial charge in [0.05, 0.1) is 0 Å². The molecule has 7 nitrogen and oxygen atoms in total. The highest BCUT2D eigenvalue weighted by Crippen LogP contribution is 2.14. The molecule has 1 fully saturated rings. The van der Waals surface area contributed by atoms with E-state index >= 15 is 0 Å². The Morgan fingerprint density at radius 2 is 2.00 bits per heavy atom. The molecular weight excluding hydrogens is 256 g/mol. The van der Waals surface area contributed by atoms with Gasteiger partial charge in [0.2, 0.25) is 23.1 Å². The minimum Gasteiger partial charge on any atom is -0.368 e. The molecule has 1 aliphatic rings. The zero-order valence-corrected chi connectivity index (χ0v) is 10.9. The first-order valence-corrected chi connectivity index (χ1v) is 6.11. The molecule has 2 rings (SSSR count). The highest BCUT2D eigenvalue weighted by Gasteiger charge is 2.19. The Balaban J connectivity index is 2.12. The number of anilines is 2. The zero-order chi connectivity index (χ0) is 13.1. The first-order chi connectivity index (χ1) is 8.56. The highest BCUT2D eigenvalue weighted by atomic mass is 35.5. The van der Waals surface area contributed by atoms with E-state index in [-0.39, 0.29) is 17.1 Å². The number of hydrogen-bond acceptors (Lipinski definition) is 6. The van der Waals surface area contributed by atoms with Gasteiger partial charge in [-0.15, -0.1) is 0 Å². The van der Waals surface area contributed by atoms with E-state index in [4.69, 9.17) is 17.3 Å². The lowest BCUT2D eigenvalue weighted by Gasteiger charge is -2.21. The molecule has 1 aromatic heterocycles. The molecule has 98 valence electrons. The number of nitrogens with zero attached hydrogens (tertiary/aromatic N) is 5. The second-order valence-electron chi connectivity index (χ2n) is 4.11. The molecule has 1 aliphatic heterocycles. The van der Waals surface area contributed by atoms with Crippen LogP contribution in [0.2, 0.25) is 5.28 Å². The number of nitrogens with two attached hydrogens (primary N) is 1. The Morgan fingerprint density at radius 3 is 2.67 bits per heavy atom. The fourth-order valence-electron chi connectivity index (χ4n) is 1.93. The molecule has 1 amide bonds. The first-order valence-electron chi connectivity index (χ1n) is 5.74. The van der Waals surface area contributed by atoms with Crippen LogP contribution in [0.3, 0.4) is 0 Å². The molecule has 0 unspecified atom stereocenters. The van der Waals surface area contributed by atoms with Crippen molar-refractivity contribution < 1.29 is 4.79 Å². The van der Waals surface area contributed by atoms with Crippen LogP contribution >= 0.6 is 11.6 Å². The average molecular weight is 271 g/mol. The fourth-order valence-corrected chi connectivity index (χ4v) is 2.09. The topological polar surface area (TPSA) is 88.2 Å². The van der Waals surface area contributed by atoms with Crippen LogP contribution in [0.4, 0.5) is 11.9 Å². The van der Waals surface area contributed by atoms with Crippen molar-refractivity contribution in [1.82, 2.24) is 19.9 Å². The number of carbonyl (C=O) groups is 1.